The van der Waals surface area contributed by atoms with Crippen LogP contribution in [0.4, 0.5) is 5.82 Å². The summed E-state index contributed by atoms with van der Waals surface area (Å²) >= 11 is 5.89. The van der Waals surface area contributed by atoms with Gasteiger partial charge in [-0.1, -0.05) is 11.6 Å². The second-order valence-electron chi connectivity index (χ2n) is 7.85. The zero-order chi connectivity index (χ0) is 22.5. The lowest BCUT2D eigenvalue weighted by Crippen LogP contribution is -2.48. The molecule has 1 saturated heterocycles. The van der Waals surface area contributed by atoms with Gasteiger partial charge in [0.05, 0.1) is 12.8 Å². The highest BCUT2D eigenvalue weighted by Gasteiger charge is 2.24. The fourth-order valence-electron chi connectivity index (χ4n) is 3.73. The zero-order valence-electron chi connectivity index (χ0n) is 18.2. The van der Waals surface area contributed by atoms with E-state index in [2.05, 4.69) is 26.5 Å². The van der Waals surface area contributed by atoms with Crippen molar-refractivity contribution in [1.82, 2.24) is 15.5 Å². The summed E-state index contributed by atoms with van der Waals surface area (Å²) in [7, 11) is 1.66. The number of aromatic amines is 1. The van der Waals surface area contributed by atoms with Gasteiger partial charge in [-0.05, 0) is 73.9 Å². The van der Waals surface area contributed by atoms with Crippen LogP contribution in [0.2, 0.25) is 5.02 Å². The molecule has 32 heavy (non-hydrogen) atoms. The number of methoxy groups -OCH3 is 1. The predicted octanol–water partition coefficient (Wildman–Crippen LogP) is 4.29. The van der Waals surface area contributed by atoms with E-state index >= 15 is 0 Å². The summed E-state index contributed by atoms with van der Waals surface area (Å²) in [5, 5.41) is 11.3. The molecule has 0 aliphatic carbocycles. The third-order valence-electron chi connectivity index (χ3n) is 5.63. The van der Waals surface area contributed by atoms with Crippen LogP contribution in [0.25, 0.3) is 11.3 Å². The van der Waals surface area contributed by atoms with Gasteiger partial charge in [0, 0.05) is 30.2 Å². The van der Waals surface area contributed by atoms with Crippen LogP contribution in [0.15, 0.2) is 54.6 Å². The first kappa shape index (κ1) is 22.0. The number of hydrogen-bond acceptors (Lipinski definition) is 5. The average Bonchev–Trinajstić information content (AvgIpc) is 3.31. The summed E-state index contributed by atoms with van der Waals surface area (Å²) in [6.07, 6.45) is 1.13. The maximum atomic E-state index is 12.5. The molecule has 0 radical (unpaired) electrons. The Morgan fingerprint density at radius 3 is 2.44 bits per heavy atom. The molecule has 2 heterocycles. The van der Waals surface area contributed by atoms with Gasteiger partial charge < -0.3 is 19.7 Å². The molecule has 7 nitrogen and oxygen atoms in total. The summed E-state index contributed by atoms with van der Waals surface area (Å²) < 4.78 is 10.9. The number of anilines is 1. The SMILES string of the molecule is COc1ccc(-c2cc(N3CCC(NC(=O)C(C)Oc4ccc(Cl)cc4)CC3)n[nH]2)cc1. The van der Waals surface area contributed by atoms with Crippen molar-refractivity contribution in [3.05, 3.63) is 59.6 Å². The van der Waals surface area contributed by atoms with Crippen molar-refractivity contribution in [2.45, 2.75) is 31.9 Å². The Kier molecular flexibility index (Phi) is 6.85. The largest absolute Gasteiger partial charge is 0.497 e. The van der Waals surface area contributed by atoms with Crippen LogP contribution in [0, 0.1) is 0 Å². The lowest BCUT2D eigenvalue weighted by molar-refractivity contribution is -0.128. The summed E-state index contributed by atoms with van der Waals surface area (Å²) in [4.78, 5) is 14.8. The molecule has 8 heteroatoms. The fraction of sp³-hybridized carbons (Fsp3) is 0.333. The second-order valence-corrected chi connectivity index (χ2v) is 8.29. The Bertz CT molecular complexity index is 1030. The Morgan fingerprint density at radius 1 is 1.12 bits per heavy atom. The van der Waals surface area contributed by atoms with Gasteiger partial charge in [0.25, 0.3) is 5.91 Å². The van der Waals surface area contributed by atoms with Crippen LogP contribution < -0.4 is 19.7 Å². The standard InChI is InChI=1S/C24H27ClN4O3/c1-16(32-21-9-5-18(25)6-10-21)24(30)26-19-11-13-29(14-12-19)23-15-22(27-28-23)17-3-7-20(31-2)8-4-17/h3-10,15-16,19H,11-14H2,1-2H3,(H,26,30)(H,27,28). The molecule has 0 bridgehead atoms. The van der Waals surface area contributed by atoms with E-state index in [1.807, 2.05) is 24.3 Å². The third-order valence-corrected chi connectivity index (χ3v) is 5.88. The topological polar surface area (TPSA) is 79.5 Å². The number of carbonyl (C=O) groups is 1. The van der Waals surface area contributed by atoms with E-state index < -0.39 is 6.10 Å². The van der Waals surface area contributed by atoms with Gasteiger partial charge >= 0.3 is 0 Å². The zero-order valence-corrected chi connectivity index (χ0v) is 18.9. The molecule has 3 aromatic rings. The number of piperidine rings is 1. The number of ether oxygens (including phenoxy) is 2. The van der Waals surface area contributed by atoms with Gasteiger partial charge in [0.15, 0.2) is 11.9 Å². The highest BCUT2D eigenvalue weighted by Crippen LogP contribution is 2.26. The van der Waals surface area contributed by atoms with Crippen LogP contribution >= 0.6 is 11.6 Å². The van der Waals surface area contributed by atoms with Crippen molar-refractivity contribution in [3.63, 3.8) is 0 Å². The Hall–Kier alpha value is -3.19. The lowest BCUT2D eigenvalue weighted by Gasteiger charge is -2.32. The number of nitrogens with zero attached hydrogens (tertiary/aromatic N) is 2. The van der Waals surface area contributed by atoms with Gasteiger partial charge in [0.1, 0.15) is 11.5 Å². The van der Waals surface area contributed by atoms with Crippen molar-refractivity contribution < 1.29 is 14.3 Å². The minimum atomic E-state index is -0.576. The molecular weight excluding hydrogens is 428 g/mol. The van der Waals surface area contributed by atoms with Crippen LogP contribution in [-0.4, -0.2) is 48.4 Å². The van der Waals surface area contributed by atoms with E-state index in [1.165, 1.54) is 0 Å². The van der Waals surface area contributed by atoms with Gasteiger partial charge in [0.2, 0.25) is 0 Å². The summed E-state index contributed by atoms with van der Waals surface area (Å²) in [6.45, 7) is 3.40. The lowest BCUT2D eigenvalue weighted by atomic mass is 10.0. The van der Waals surface area contributed by atoms with E-state index in [9.17, 15) is 4.79 Å². The van der Waals surface area contributed by atoms with Crippen LogP contribution in [0.3, 0.4) is 0 Å². The van der Waals surface area contributed by atoms with Crippen LogP contribution in [0.5, 0.6) is 11.5 Å². The number of rotatable bonds is 7. The quantitative estimate of drug-likeness (QED) is 0.556. The molecule has 1 aliphatic heterocycles. The van der Waals surface area contributed by atoms with Crippen molar-refractivity contribution in [1.29, 1.82) is 0 Å². The first-order valence-corrected chi connectivity index (χ1v) is 11.1. The fourth-order valence-corrected chi connectivity index (χ4v) is 3.86. The van der Waals surface area contributed by atoms with E-state index in [-0.39, 0.29) is 11.9 Å². The van der Waals surface area contributed by atoms with Crippen LogP contribution in [-0.2, 0) is 4.79 Å². The number of carbonyl (C=O) groups excluding carboxylic acids is 1. The Balaban J connectivity index is 1.27. The number of benzene rings is 2. The molecule has 0 spiro atoms. The molecule has 2 aromatic carbocycles. The van der Waals surface area contributed by atoms with E-state index in [0.717, 1.165) is 48.8 Å². The smallest absolute Gasteiger partial charge is 0.260 e. The van der Waals surface area contributed by atoms with E-state index in [1.54, 1.807) is 38.3 Å². The number of H-pyrrole nitrogens is 1. The predicted molar refractivity (Wildman–Crippen MR) is 125 cm³/mol. The molecule has 4 rings (SSSR count). The minimum absolute atomic E-state index is 0.111. The van der Waals surface area contributed by atoms with E-state index in [0.29, 0.717) is 10.8 Å². The first-order chi connectivity index (χ1) is 15.5. The maximum absolute atomic E-state index is 12.5. The van der Waals surface area contributed by atoms with Crippen molar-refractivity contribution in [2.24, 2.45) is 0 Å². The first-order valence-electron chi connectivity index (χ1n) is 10.7. The molecule has 1 unspecified atom stereocenters. The maximum Gasteiger partial charge on any atom is 0.260 e. The average molecular weight is 455 g/mol. The number of hydrogen-bond donors (Lipinski definition) is 2. The van der Waals surface area contributed by atoms with Crippen molar-refractivity contribution >= 4 is 23.3 Å². The molecule has 1 amide bonds. The number of halogens is 1. The highest BCUT2D eigenvalue weighted by molar-refractivity contribution is 6.30. The Morgan fingerprint density at radius 2 is 1.78 bits per heavy atom. The molecule has 2 N–H and O–H groups in total. The molecular formula is C24H27ClN4O3. The monoisotopic (exact) mass is 454 g/mol. The number of nitrogens with one attached hydrogen (secondary N) is 2. The minimum Gasteiger partial charge on any atom is -0.497 e. The van der Waals surface area contributed by atoms with Crippen LogP contribution in [0.1, 0.15) is 19.8 Å². The normalized spacial score (nSPS) is 15.3. The third kappa shape index (κ3) is 5.34. The molecule has 1 fully saturated rings. The van der Waals surface area contributed by atoms with Crippen molar-refractivity contribution in [2.75, 3.05) is 25.1 Å². The summed E-state index contributed by atoms with van der Waals surface area (Å²) in [5.41, 5.74) is 2.02. The van der Waals surface area contributed by atoms with Gasteiger partial charge in [-0.15, -0.1) is 0 Å². The molecule has 168 valence electrons. The number of aromatic nitrogens is 2. The number of amides is 1. The highest BCUT2D eigenvalue weighted by atomic mass is 35.5. The molecule has 0 saturated carbocycles. The second kappa shape index (κ2) is 9.96. The molecule has 1 atom stereocenters. The van der Waals surface area contributed by atoms with Gasteiger partial charge in [-0.25, -0.2) is 0 Å². The van der Waals surface area contributed by atoms with Gasteiger partial charge in [-0.2, -0.15) is 5.10 Å². The summed E-state index contributed by atoms with van der Waals surface area (Å²) in [5.74, 6) is 2.25. The summed E-state index contributed by atoms with van der Waals surface area (Å²) in [6, 6.07) is 17.1. The van der Waals surface area contributed by atoms with E-state index in [4.69, 9.17) is 21.1 Å². The van der Waals surface area contributed by atoms with Gasteiger partial charge in [-0.3, -0.25) is 9.89 Å². The molecule has 1 aliphatic rings. The van der Waals surface area contributed by atoms with Crippen molar-refractivity contribution in [3.8, 4) is 22.8 Å². The Labute approximate surface area is 192 Å². The molecule has 1 aromatic heterocycles.